The molecule has 1 aromatic carbocycles. The van der Waals surface area contributed by atoms with Crippen molar-refractivity contribution >= 4 is 17.0 Å². The topological polar surface area (TPSA) is 57.5 Å². The standard InChI is InChI=1S/C20H32N6/c1-17-24-18-9-4-5-10-19(18)26(17)15-8-11-22-20(21-2)23-12-16-25-13-6-3-7-14-25/h4-5,9-10H,3,6-8,11-16H2,1-2H3,(H2,21,22,23). The lowest BCUT2D eigenvalue weighted by molar-refractivity contribution is 0.232. The van der Waals surface area contributed by atoms with E-state index in [2.05, 4.69) is 55.2 Å². The number of rotatable bonds is 7. The van der Waals surface area contributed by atoms with Gasteiger partial charge in [0.2, 0.25) is 0 Å². The van der Waals surface area contributed by atoms with Crippen molar-refractivity contribution in [3.8, 4) is 0 Å². The van der Waals surface area contributed by atoms with E-state index in [1.807, 2.05) is 13.1 Å². The highest BCUT2D eigenvalue weighted by molar-refractivity contribution is 5.79. The molecule has 0 spiro atoms. The molecule has 0 saturated carbocycles. The first kappa shape index (κ1) is 18.7. The minimum atomic E-state index is 0.897. The smallest absolute Gasteiger partial charge is 0.191 e. The minimum absolute atomic E-state index is 0.897. The highest BCUT2D eigenvalue weighted by atomic mass is 15.2. The maximum atomic E-state index is 4.63. The van der Waals surface area contributed by atoms with Crippen molar-refractivity contribution in [2.24, 2.45) is 4.99 Å². The molecule has 26 heavy (non-hydrogen) atoms. The molecule has 6 heteroatoms. The van der Waals surface area contributed by atoms with E-state index in [1.165, 1.54) is 37.9 Å². The van der Waals surface area contributed by atoms with E-state index in [4.69, 9.17) is 0 Å². The Hall–Kier alpha value is -2.08. The van der Waals surface area contributed by atoms with E-state index in [9.17, 15) is 0 Å². The van der Waals surface area contributed by atoms with Gasteiger partial charge >= 0.3 is 0 Å². The lowest BCUT2D eigenvalue weighted by atomic mass is 10.1. The normalized spacial score (nSPS) is 16.2. The molecular weight excluding hydrogens is 324 g/mol. The monoisotopic (exact) mass is 356 g/mol. The number of aliphatic imine (C=N–C) groups is 1. The van der Waals surface area contributed by atoms with Gasteiger partial charge in [-0.1, -0.05) is 18.6 Å². The van der Waals surface area contributed by atoms with Crippen molar-refractivity contribution in [1.29, 1.82) is 0 Å². The van der Waals surface area contributed by atoms with E-state index in [1.54, 1.807) is 0 Å². The van der Waals surface area contributed by atoms with Crippen molar-refractivity contribution in [2.75, 3.05) is 39.8 Å². The number of fused-ring (bicyclic) bond motifs is 1. The van der Waals surface area contributed by atoms with Crippen LogP contribution in [0, 0.1) is 6.92 Å². The highest BCUT2D eigenvalue weighted by Crippen LogP contribution is 2.15. The van der Waals surface area contributed by atoms with Gasteiger partial charge in [0.1, 0.15) is 5.82 Å². The third kappa shape index (κ3) is 4.97. The van der Waals surface area contributed by atoms with Gasteiger partial charge in [-0.3, -0.25) is 4.99 Å². The second-order valence-electron chi connectivity index (χ2n) is 6.98. The molecule has 2 N–H and O–H groups in total. The summed E-state index contributed by atoms with van der Waals surface area (Å²) in [5.41, 5.74) is 2.29. The number of aromatic nitrogens is 2. The van der Waals surface area contributed by atoms with Crippen LogP contribution in [0.5, 0.6) is 0 Å². The number of piperidine rings is 1. The molecular formula is C20H32N6. The molecule has 2 heterocycles. The predicted octanol–water partition coefficient (Wildman–Crippen LogP) is 2.39. The molecule has 0 amide bonds. The van der Waals surface area contributed by atoms with E-state index in [0.29, 0.717) is 0 Å². The second-order valence-corrected chi connectivity index (χ2v) is 6.98. The minimum Gasteiger partial charge on any atom is -0.356 e. The number of benzene rings is 1. The van der Waals surface area contributed by atoms with E-state index in [0.717, 1.165) is 49.9 Å². The largest absolute Gasteiger partial charge is 0.356 e. The van der Waals surface area contributed by atoms with Crippen molar-refractivity contribution in [2.45, 2.75) is 39.2 Å². The average Bonchev–Trinajstić information content (AvgIpc) is 2.99. The molecule has 0 atom stereocenters. The molecule has 1 aliphatic heterocycles. The number of hydrogen-bond donors (Lipinski definition) is 2. The number of nitrogens with zero attached hydrogens (tertiary/aromatic N) is 4. The first-order valence-electron chi connectivity index (χ1n) is 9.86. The molecule has 1 saturated heterocycles. The third-order valence-electron chi connectivity index (χ3n) is 5.09. The fourth-order valence-electron chi connectivity index (χ4n) is 3.66. The van der Waals surface area contributed by atoms with Crippen LogP contribution < -0.4 is 10.6 Å². The van der Waals surface area contributed by atoms with Gasteiger partial charge in [-0.15, -0.1) is 0 Å². The van der Waals surface area contributed by atoms with E-state index in [-0.39, 0.29) is 0 Å². The fourth-order valence-corrected chi connectivity index (χ4v) is 3.66. The summed E-state index contributed by atoms with van der Waals surface area (Å²) in [7, 11) is 1.84. The Bertz CT molecular complexity index is 714. The Morgan fingerprint density at radius 2 is 1.85 bits per heavy atom. The molecule has 1 aromatic heterocycles. The SMILES string of the molecule is CN=C(NCCCn1c(C)nc2ccccc21)NCCN1CCCCC1. The summed E-state index contributed by atoms with van der Waals surface area (Å²) < 4.78 is 2.30. The number of hydrogen-bond acceptors (Lipinski definition) is 3. The van der Waals surface area contributed by atoms with Crippen LogP contribution in [0.4, 0.5) is 0 Å². The van der Waals surface area contributed by atoms with Crippen molar-refractivity contribution in [1.82, 2.24) is 25.1 Å². The van der Waals surface area contributed by atoms with Gasteiger partial charge in [0.05, 0.1) is 11.0 Å². The number of likely N-dealkylation sites (tertiary alicyclic amines) is 1. The van der Waals surface area contributed by atoms with E-state index >= 15 is 0 Å². The van der Waals surface area contributed by atoms with Crippen LogP contribution in [0.15, 0.2) is 29.3 Å². The number of aryl methyl sites for hydroxylation is 2. The van der Waals surface area contributed by atoms with Crippen LogP contribution in [0.25, 0.3) is 11.0 Å². The van der Waals surface area contributed by atoms with Gasteiger partial charge in [-0.2, -0.15) is 0 Å². The Morgan fingerprint density at radius 1 is 1.08 bits per heavy atom. The van der Waals surface area contributed by atoms with Gasteiger partial charge < -0.3 is 20.1 Å². The Kier molecular flexibility index (Phi) is 6.89. The van der Waals surface area contributed by atoms with Crippen LogP contribution >= 0.6 is 0 Å². The molecule has 0 unspecified atom stereocenters. The van der Waals surface area contributed by atoms with Gasteiger partial charge in [0.25, 0.3) is 0 Å². The van der Waals surface area contributed by atoms with Gasteiger partial charge in [0.15, 0.2) is 5.96 Å². The van der Waals surface area contributed by atoms with Gasteiger partial charge in [-0.25, -0.2) is 4.98 Å². The average molecular weight is 357 g/mol. The zero-order valence-corrected chi connectivity index (χ0v) is 16.2. The quantitative estimate of drug-likeness (QED) is 0.454. The van der Waals surface area contributed by atoms with Crippen molar-refractivity contribution in [3.63, 3.8) is 0 Å². The van der Waals surface area contributed by atoms with Crippen LogP contribution in [0.3, 0.4) is 0 Å². The summed E-state index contributed by atoms with van der Waals surface area (Å²) >= 11 is 0. The maximum Gasteiger partial charge on any atom is 0.191 e. The van der Waals surface area contributed by atoms with Crippen LogP contribution in [0.2, 0.25) is 0 Å². The summed E-state index contributed by atoms with van der Waals surface area (Å²) in [6.45, 7) is 8.47. The molecule has 0 bridgehead atoms. The Labute approximate surface area is 156 Å². The van der Waals surface area contributed by atoms with Crippen LogP contribution in [0.1, 0.15) is 31.5 Å². The molecule has 1 aliphatic rings. The highest BCUT2D eigenvalue weighted by Gasteiger charge is 2.09. The number of guanidine groups is 1. The van der Waals surface area contributed by atoms with Gasteiger partial charge in [-0.05, 0) is 51.4 Å². The van der Waals surface area contributed by atoms with Crippen molar-refractivity contribution in [3.05, 3.63) is 30.1 Å². The molecule has 2 aromatic rings. The number of imidazole rings is 1. The fraction of sp³-hybridized carbons (Fsp3) is 0.600. The molecule has 142 valence electrons. The maximum absolute atomic E-state index is 4.63. The molecule has 0 aliphatic carbocycles. The second kappa shape index (κ2) is 9.57. The molecule has 3 rings (SSSR count). The predicted molar refractivity (Wildman–Crippen MR) is 109 cm³/mol. The first-order valence-corrected chi connectivity index (χ1v) is 9.86. The molecule has 6 nitrogen and oxygen atoms in total. The summed E-state index contributed by atoms with van der Waals surface area (Å²) in [6, 6.07) is 8.33. The van der Waals surface area contributed by atoms with Crippen molar-refractivity contribution < 1.29 is 0 Å². The Balaban J connectivity index is 1.38. The summed E-state index contributed by atoms with van der Waals surface area (Å²) in [6.07, 6.45) is 5.11. The lowest BCUT2D eigenvalue weighted by Gasteiger charge is -2.26. The summed E-state index contributed by atoms with van der Waals surface area (Å²) in [5.74, 6) is 1.98. The van der Waals surface area contributed by atoms with Gasteiger partial charge in [0, 0.05) is 33.2 Å². The number of nitrogens with one attached hydrogen (secondary N) is 2. The van der Waals surface area contributed by atoms with Crippen LogP contribution in [-0.4, -0.2) is 60.2 Å². The molecule has 1 fully saturated rings. The first-order chi connectivity index (χ1) is 12.8. The third-order valence-corrected chi connectivity index (χ3v) is 5.09. The number of para-hydroxylation sites is 2. The lowest BCUT2D eigenvalue weighted by Crippen LogP contribution is -2.43. The van der Waals surface area contributed by atoms with E-state index < -0.39 is 0 Å². The van der Waals surface area contributed by atoms with Crippen LogP contribution in [-0.2, 0) is 6.54 Å². The summed E-state index contributed by atoms with van der Waals surface area (Å²) in [5, 5.41) is 6.85. The Morgan fingerprint density at radius 3 is 2.65 bits per heavy atom. The zero-order valence-electron chi connectivity index (χ0n) is 16.2. The zero-order chi connectivity index (χ0) is 18.2. The summed E-state index contributed by atoms with van der Waals surface area (Å²) in [4.78, 5) is 11.5. The molecule has 0 radical (unpaired) electrons.